The maximum absolute atomic E-state index is 11.8. The minimum atomic E-state index is -4.67. The van der Waals surface area contributed by atoms with Crippen molar-refractivity contribution in [2.75, 3.05) is 88.4 Å². The monoisotopic (exact) mass is 1360 g/mol. The van der Waals surface area contributed by atoms with E-state index in [0.29, 0.717) is 58.5 Å². The summed E-state index contributed by atoms with van der Waals surface area (Å²) >= 11 is 0. The molecule has 0 aromatic rings. The number of esters is 6. The number of rotatable bonds is 33. The molecule has 0 heterocycles. The van der Waals surface area contributed by atoms with Gasteiger partial charge < -0.3 is 28.4 Å². The molecule has 30 heteroatoms. The predicted octanol–water partition coefficient (Wildman–Crippen LogP) is 12.4. The Morgan fingerprint density at radius 2 is 0.575 bits per heavy atom. The third-order valence-corrected chi connectivity index (χ3v) is 15.0. The van der Waals surface area contributed by atoms with Crippen LogP contribution in [0.15, 0.2) is 0 Å². The number of halogens is 2. The van der Waals surface area contributed by atoms with E-state index in [2.05, 4.69) is 65.9 Å². The van der Waals surface area contributed by atoms with Crippen molar-refractivity contribution in [2.24, 2.45) is 0 Å². The summed E-state index contributed by atoms with van der Waals surface area (Å²) in [5.74, 6) is -0.338. The van der Waals surface area contributed by atoms with Gasteiger partial charge in [0.25, 0.3) is 30.4 Å². The standard InChI is InChI=1S/C9H18O2.C8H16O2.C7H14O2.C6H14O3S.C6H12O2.C5H10O2.C4H10O3S.C4H8O2.C3H6F2O3S.C3H8O3S.C2H6/c1-3-4-5-6-7-8-9(10)11-2;1-3-4-5-6-7-8(9)10-2;1-3-4-5-6-7(8)9-2;1-3-4-5-6-10(7,8)9-2;1-3-4-5-6(7)8-2;1-3-4-5(6)7-2;1-3-4-8(5,6)7-2;1-3-4(5)6-2;1-3(4,5)9(6,7)8-2;1-3-7(4,5)6-2;1-2/h3-8H2,1-2H3;3-7H2,1-2H3;3-6H2,1-2H3;3-6H2,1-2H3;3-5H2,1-2H3;3-4H2,1-2H3;3-4H2,1-2H3;3H2,1-2H3;1-2H3;3H2,1-2H3;1-2H3. The maximum Gasteiger partial charge on any atom is 0.367 e. The molecular formula is C57H122F2O24S4. The second kappa shape index (κ2) is 80.3. The SMILES string of the molecule is CC.CCC(=O)OC.CCCC(=O)OC.CCCCC(=O)OC.CCCCCC(=O)OC.CCCCCCC(=O)OC.CCCCCCCC(=O)OC.CCCCCS(=O)(=O)OC.CCCS(=O)(=O)OC.CCS(=O)(=O)OC.COS(=O)(=O)C(C)(F)F. The first-order chi connectivity index (χ1) is 40.5. The van der Waals surface area contributed by atoms with Crippen LogP contribution in [-0.4, -0.2) is 163 Å². The van der Waals surface area contributed by atoms with E-state index in [4.69, 9.17) is 0 Å². The molecule has 87 heavy (non-hydrogen) atoms. The number of hydrogen-bond donors (Lipinski definition) is 0. The molecule has 0 spiro atoms. The molecule has 0 rings (SSSR count). The highest BCUT2D eigenvalue weighted by Gasteiger charge is 2.39. The van der Waals surface area contributed by atoms with Crippen LogP contribution in [0.5, 0.6) is 0 Å². The minimum Gasteiger partial charge on any atom is -0.469 e. The Labute approximate surface area is 527 Å². The summed E-state index contributed by atoms with van der Waals surface area (Å²) in [5.41, 5.74) is 0. The highest BCUT2D eigenvalue weighted by molar-refractivity contribution is 7.88. The number of hydrogen-bond acceptors (Lipinski definition) is 24. The Bertz CT molecular complexity index is 1950. The van der Waals surface area contributed by atoms with Crippen LogP contribution in [-0.2, 0) is 114 Å². The zero-order valence-electron chi connectivity index (χ0n) is 57.5. The van der Waals surface area contributed by atoms with Crippen LogP contribution in [0.3, 0.4) is 0 Å². The fourth-order valence-corrected chi connectivity index (χ4v) is 6.40. The first-order valence-electron chi connectivity index (χ1n) is 29.5. The molecule has 0 aromatic carbocycles. The number of carbonyl (C=O) groups excluding carboxylic acids is 6. The lowest BCUT2D eigenvalue weighted by Gasteiger charge is -2.07. The van der Waals surface area contributed by atoms with Crippen molar-refractivity contribution in [3.05, 3.63) is 0 Å². The summed E-state index contributed by atoms with van der Waals surface area (Å²) < 4.78 is 149. The molecule has 0 atom stereocenters. The molecular weight excluding hydrogens is 1230 g/mol. The molecule has 0 aliphatic rings. The highest BCUT2D eigenvalue weighted by Crippen LogP contribution is 2.20. The van der Waals surface area contributed by atoms with E-state index in [1.807, 2.05) is 34.6 Å². The molecule has 0 unspecified atom stereocenters. The van der Waals surface area contributed by atoms with Crippen molar-refractivity contribution in [3.8, 4) is 0 Å². The second-order valence-electron chi connectivity index (χ2n) is 17.1. The molecule has 0 radical (unpaired) electrons. The summed E-state index contributed by atoms with van der Waals surface area (Å²) in [6.07, 6.45) is 23.1. The van der Waals surface area contributed by atoms with E-state index >= 15 is 0 Å². The van der Waals surface area contributed by atoms with Crippen LogP contribution in [0, 0.1) is 0 Å². The van der Waals surface area contributed by atoms with Crippen molar-refractivity contribution in [2.45, 2.75) is 249 Å². The van der Waals surface area contributed by atoms with Crippen molar-refractivity contribution < 1.29 is 116 Å². The predicted molar refractivity (Wildman–Crippen MR) is 339 cm³/mol. The van der Waals surface area contributed by atoms with Crippen LogP contribution in [0.1, 0.15) is 244 Å². The molecule has 0 amide bonds. The maximum atomic E-state index is 11.8. The summed E-state index contributed by atoms with van der Waals surface area (Å²) in [4.78, 5) is 62.1. The van der Waals surface area contributed by atoms with Crippen molar-refractivity contribution in [1.29, 1.82) is 0 Å². The van der Waals surface area contributed by atoms with E-state index in [1.165, 1.54) is 95.9 Å². The molecule has 0 N–H and O–H groups in total. The fraction of sp³-hybridized carbons (Fsp3) is 0.895. The lowest BCUT2D eigenvalue weighted by molar-refractivity contribution is -0.141. The molecule has 0 fully saturated rings. The van der Waals surface area contributed by atoms with Gasteiger partial charge in [0.1, 0.15) is 0 Å². The fourth-order valence-electron chi connectivity index (χ4n) is 4.48. The average Bonchev–Trinajstić information content (AvgIpc) is 3.68. The van der Waals surface area contributed by atoms with E-state index in [0.717, 1.165) is 84.2 Å². The van der Waals surface area contributed by atoms with Gasteiger partial charge in [-0.1, -0.05) is 146 Å². The Balaban J connectivity index is -0.0000000820. The van der Waals surface area contributed by atoms with Crippen LogP contribution < -0.4 is 0 Å². The van der Waals surface area contributed by atoms with E-state index in [-0.39, 0.29) is 60.0 Å². The van der Waals surface area contributed by atoms with Gasteiger partial charge >= 0.3 is 51.2 Å². The van der Waals surface area contributed by atoms with Crippen molar-refractivity contribution in [1.82, 2.24) is 0 Å². The van der Waals surface area contributed by atoms with Crippen LogP contribution >= 0.6 is 0 Å². The summed E-state index contributed by atoms with van der Waals surface area (Å²) in [6, 6.07) is 0. The number of methoxy groups -OCH3 is 6. The third-order valence-electron chi connectivity index (χ3n) is 9.77. The van der Waals surface area contributed by atoms with Crippen LogP contribution in [0.25, 0.3) is 0 Å². The van der Waals surface area contributed by atoms with Crippen LogP contribution in [0.4, 0.5) is 8.78 Å². The molecule has 0 aliphatic heterocycles. The Kier molecular flexibility index (Phi) is 99.7. The number of ether oxygens (including phenoxy) is 6. The van der Waals surface area contributed by atoms with E-state index in [1.54, 1.807) is 13.8 Å². The normalized spacial score (nSPS) is 10.1. The van der Waals surface area contributed by atoms with Gasteiger partial charge in [-0.3, -0.25) is 45.5 Å². The van der Waals surface area contributed by atoms with Gasteiger partial charge in [0.05, 0.1) is 88.4 Å². The topological polar surface area (TPSA) is 331 Å². The van der Waals surface area contributed by atoms with E-state index < -0.39 is 45.7 Å². The Morgan fingerprint density at radius 3 is 0.770 bits per heavy atom. The number of unbranched alkanes of at least 4 members (excludes halogenated alkanes) is 12. The average molecular weight is 1360 g/mol. The first-order valence-corrected chi connectivity index (χ1v) is 35.6. The van der Waals surface area contributed by atoms with E-state index in [9.17, 15) is 71.2 Å². The summed E-state index contributed by atoms with van der Waals surface area (Å²) in [6.45, 7) is 21.8. The van der Waals surface area contributed by atoms with Gasteiger partial charge in [0.2, 0.25) is 0 Å². The van der Waals surface area contributed by atoms with Gasteiger partial charge in [-0.25, -0.2) is 0 Å². The summed E-state index contributed by atoms with van der Waals surface area (Å²) in [5, 5.41) is -3.80. The third kappa shape index (κ3) is 111. The molecule has 0 aromatic heterocycles. The van der Waals surface area contributed by atoms with Gasteiger partial charge in [-0.2, -0.15) is 42.5 Å². The molecule has 532 valence electrons. The van der Waals surface area contributed by atoms with Gasteiger partial charge in [0.15, 0.2) is 0 Å². The van der Waals surface area contributed by atoms with Gasteiger partial charge in [-0.05, 0) is 51.9 Å². The quantitative estimate of drug-likeness (QED) is 0.0255. The Morgan fingerprint density at radius 1 is 0.310 bits per heavy atom. The highest BCUT2D eigenvalue weighted by atomic mass is 32.2. The van der Waals surface area contributed by atoms with Crippen LogP contribution in [0.2, 0.25) is 0 Å². The minimum absolute atomic E-state index is 0.0451. The van der Waals surface area contributed by atoms with Crippen molar-refractivity contribution in [3.63, 3.8) is 0 Å². The summed E-state index contributed by atoms with van der Waals surface area (Å²) in [7, 11) is -1.49. The largest absolute Gasteiger partial charge is 0.469 e. The van der Waals surface area contributed by atoms with Gasteiger partial charge in [0, 0.05) is 45.4 Å². The Hall–Kier alpha value is -3.68. The van der Waals surface area contributed by atoms with Crippen molar-refractivity contribution >= 4 is 76.3 Å². The lowest BCUT2D eigenvalue weighted by atomic mass is 10.1. The molecule has 0 saturated carbocycles. The molecule has 24 nitrogen and oxygen atoms in total. The molecule has 0 saturated heterocycles. The number of alkyl halides is 2. The van der Waals surface area contributed by atoms with Gasteiger partial charge in [-0.15, -0.1) is 0 Å². The lowest BCUT2D eigenvalue weighted by Crippen LogP contribution is -2.25. The zero-order chi connectivity index (χ0) is 70.8. The number of carbonyl (C=O) groups is 6. The smallest absolute Gasteiger partial charge is 0.367 e. The molecule has 0 aliphatic carbocycles. The second-order valence-corrected chi connectivity index (χ2v) is 24.8. The first kappa shape index (κ1) is 108. The zero-order valence-corrected chi connectivity index (χ0v) is 60.8. The molecule has 0 bridgehead atoms.